The Hall–Kier alpha value is -3.32. The van der Waals surface area contributed by atoms with Crippen LogP contribution in [-0.2, 0) is 16.0 Å². The van der Waals surface area contributed by atoms with Crippen LogP contribution in [0.25, 0.3) is 11.3 Å². The minimum atomic E-state index is -0.135. The predicted molar refractivity (Wildman–Crippen MR) is 126 cm³/mol. The maximum absolute atomic E-state index is 12.7. The zero-order valence-corrected chi connectivity index (χ0v) is 19.2. The van der Waals surface area contributed by atoms with Crippen molar-refractivity contribution in [1.29, 1.82) is 0 Å². The minimum absolute atomic E-state index is 0.0380. The molecule has 0 unspecified atom stereocenters. The molecule has 2 amide bonds. The highest BCUT2D eigenvalue weighted by Crippen LogP contribution is 2.29. The molecular formula is C25H26ClN3O4. The first-order valence-electron chi connectivity index (χ1n) is 11.0. The number of carbonyl (C=O) groups excluding carboxylic acids is 2. The Morgan fingerprint density at radius 2 is 1.88 bits per heavy atom. The number of oxazole rings is 1. The Labute approximate surface area is 197 Å². The lowest BCUT2D eigenvalue weighted by molar-refractivity contribution is -0.134. The van der Waals surface area contributed by atoms with Crippen molar-refractivity contribution in [3.05, 3.63) is 65.6 Å². The average Bonchev–Trinajstić information content (AvgIpc) is 3.32. The number of aryl methyl sites for hydroxylation is 1. The topological polar surface area (TPSA) is 84.7 Å². The van der Waals surface area contributed by atoms with E-state index in [1.54, 1.807) is 19.4 Å². The molecule has 1 saturated heterocycles. The van der Waals surface area contributed by atoms with Gasteiger partial charge in [-0.05, 0) is 37.1 Å². The number of benzene rings is 2. The average molecular weight is 468 g/mol. The van der Waals surface area contributed by atoms with Crippen LogP contribution in [-0.4, -0.2) is 41.9 Å². The van der Waals surface area contributed by atoms with Gasteiger partial charge in [-0.25, -0.2) is 4.98 Å². The van der Waals surface area contributed by atoms with Gasteiger partial charge in [0.05, 0.1) is 24.0 Å². The lowest BCUT2D eigenvalue weighted by Gasteiger charge is -2.31. The normalized spacial score (nSPS) is 14.2. The second-order valence-electron chi connectivity index (χ2n) is 7.94. The number of nitrogens with one attached hydrogen (secondary N) is 1. The Kier molecular flexibility index (Phi) is 7.29. The molecule has 3 aromatic rings. The fraction of sp³-hybridized carbons (Fsp3) is 0.320. The summed E-state index contributed by atoms with van der Waals surface area (Å²) in [6.07, 6.45) is 3.61. The number of rotatable bonds is 7. The smallest absolute Gasteiger partial charge is 0.227 e. The van der Waals surface area contributed by atoms with Gasteiger partial charge in [0, 0.05) is 37.4 Å². The van der Waals surface area contributed by atoms with Crippen LogP contribution < -0.4 is 10.1 Å². The number of hydrogen-bond donors (Lipinski definition) is 1. The summed E-state index contributed by atoms with van der Waals surface area (Å²) < 4.78 is 11.1. The summed E-state index contributed by atoms with van der Waals surface area (Å²) in [5.41, 5.74) is 1.43. The Morgan fingerprint density at radius 1 is 1.15 bits per heavy atom. The van der Waals surface area contributed by atoms with Crippen LogP contribution in [0.15, 0.2) is 59.1 Å². The van der Waals surface area contributed by atoms with Gasteiger partial charge in [-0.15, -0.1) is 0 Å². The number of carbonyl (C=O) groups is 2. The summed E-state index contributed by atoms with van der Waals surface area (Å²) in [6, 6.07) is 14.7. The number of anilines is 1. The van der Waals surface area contributed by atoms with Gasteiger partial charge in [0.25, 0.3) is 0 Å². The molecule has 0 bridgehead atoms. The molecule has 0 aliphatic carbocycles. The number of amides is 2. The molecule has 1 aliphatic heterocycles. The van der Waals surface area contributed by atoms with E-state index >= 15 is 0 Å². The first-order valence-corrected chi connectivity index (χ1v) is 11.3. The molecule has 0 atom stereocenters. The Bertz CT molecular complexity index is 1120. The van der Waals surface area contributed by atoms with Crippen molar-refractivity contribution < 1.29 is 18.7 Å². The SMILES string of the molecule is COc1ccccc1NC(=O)C1CCN(C(=O)CCc2ncc(-c3ccccc3Cl)o2)CC1. The molecule has 2 aromatic carbocycles. The van der Waals surface area contributed by atoms with Crippen LogP contribution in [0.2, 0.25) is 5.02 Å². The van der Waals surface area contributed by atoms with E-state index in [0.717, 1.165) is 5.56 Å². The monoisotopic (exact) mass is 467 g/mol. The minimum Gasteiger partial charge on any atom is -0.495 e. The van der Waals surface area contributed by atoms with E-state index in [9.17, 15) is 9.59 Å². The summed E-state index contributed by atoms with van der Waals surface area (Å²) in [7, 11) is 1.57. The molecule has 4 rings (SSSR count). The molecule has 1 N–H and O–H groups in total. The molecule has 1 aromatic heterocycles. The first-order chi connectivity index (χ1) is 16.0. The van der Waals surface area contributed by atoms with E-state index in [2.05, 4.69) is 10.3 Å². The zero-order valence-electron chi connectivity index (χ0n) is 18.4. The van der Waals surface area contributed by atoms with Crippen LogP contribution in [0, 0.1) is 5.92 Å². The number of hydrogen-bond acceptors (Lipinski definition) is 5. The van der Waals surface area contributed by atoms with Crippen molar-refractivity contribution >= 4 is 29.1 Å². The van der Waals surface area contributed by atoms with Gasteiger partial charge in [0.2, 0.25) is 11.8 Å². The van der Waals surface area contributed by atoms with E-state index in [1.807, 2.05) is 47.4 Å². The highest BCUT2D eigenvalue weighted by molar-refractivity contribution is 6.33. The highest BCUT2D eigenvalue weighted by Gasteiger charge is 2.28. The molecule has 172 valence electrons. The van der Waals surface area contributed by atoms with Crippen molar-refractivity contribution in [2.24, 2.45) is 5.92 Å². The number of ether oxygens (including phenoxy) is 1. The molecule has 0 saturated carbocycles. The van der Waals surface area contributed by atoms with Crippen LogP contribution >= 0.6 is 11.6 Å². The summed E-state index contributed by atoms with van der Waals surface area (Å²) >= 11 is 6.21. The van der Waals surface area contributed by atoms with Gasteiger partial charge in [-0.2, -0.15) is 0 Å². The Balaban J connectivity index is 1.25. The van der Waals surface area contributed by atoms with Crippen molar-refractivity contribution in [3.8, 4) is 17.1 Å². The third kappa shape index (κ3) is 5.54. The molecular weight excluding hydrogens is 442 g/mol. The molecule has 1 fully saturated rings. The van der Waals surface area contributed by atoms with Gasteiger partial charge in [0.1, 0.15) is 5.75 Å². The van der Waals surface area contributed by atoms with Crippen LogP contribution in [0.3, 0.4) is 0 Å². The van der Waals surface area contributed by atoms with Gasteiger partial charge < -0.3 is 19.4 Å². The number of para-hydroxylation sites is 2. The predicted octanol–water partition coefficient (Wildman–Crippen LogP) is 4.81. The number of likely N-dealkylation sites (tertiary alicyclic amines) is 1. The maximum atomic E-state index is 12.7. The van der Waals surface area contributed by atoms with Crippen LogP contribution in [0.5, 0.6) is 5.75 Å². The number of nitrogens with zero attached hydrogens (tertiary/aromatic N) is 2. The van der Waals surface area contributed by atoms with Gasteiger partial charge in [-0.3, -0.25) is 9.59 Å². The molecule has 8 heteroatoms. The second-order valence-corrected chi connectivity index (χ2v) is 8.35. The van der Waals surface area contributed by atoms with E-state index in [0.29, 0.717) is 66.9 Å². The number of halogens is 1. The summed E-state index contributed by atoms with van der Waals surface area (Å²) in [5, 5.41) is 3.54. The van der Waals surface area contributed by atoms with Gasteiger partial charge in [0.15, 0.2) is 11.7 Å². The van der Waals surface area contributed by atoms with Crippen molar-refractivity contribution in [1.82, 2.24) is 9.88 Å². The van der Waals surface area contributed by atoms with E-state index in [-0.39, 0.29) is 17.7 Å². The summed E-state index contributed by atoms with van der Waals surface area (Å²) in [4.78, 5) is 31.4. The lowest BCUT2D eigenvalue weighted by atomic mass is 9.95. The number of piperidine rings is 1. The van der Waals surface area contributed by atoms with Crippen molar-refractivity contribution in [2.75, 3.05) is 25.5 Å². The maximum Gasteiger partial charge on any atom is 0.227 e. The number of aromatic nitrogens is 1. The third-order valence-corrected chi connectivity index (χ3v) is 6.16. The van der Waals surface area contributed by atoms with Crippen molar-refractivity contribution in [2.45, 2.75) is 25.7 Å². The van der Waals surface area contributed by atoms with Crippen molar-refractivity contribution in [3.63, 3.8) is 0 Å². The van der Waals surface area contributed by atoms with Crippen LogP contribution in [0.4, 0.5) is 5.69 Å². The molecule has 2 heterocycles. The number of methoxy groups -OCH3 is 1. The molecule has 1 aliphatic rings. The molecule has 0 radical (unpaired) electrons. The first kappa shape index (κ1) is 22.9. The fourth-order valence-corrected chi connectivity index (χ4v) is 4.19. The van der Waals surface area contributed by atoms with E-state index in [1.165, 1.54) is 0 Å². The van der Waals surface area contributed by atoms with E-state index < -0.39 is 0 Å². The second kappa shape index (κ2) is 10.5. The summed E-state index contributed by atoms with van der Waals surface area (Å²) in [5.74, 6) is 1.58. The summed E-state index contributed by atoms with van der Waals surface area (Å²) in [6.45, 7) is 1.11. The lowest BCUT2D eigenvalue weighted by Crippen LogP contribution is -2.41. The van der Waals surface area contributed by atoms with E-state index in [4.69, 9.17) is 20.8 Å². The van der Waals surface area contributed by atoms with Gasteiger partial charge >= 0.3 is 0 Å². The zero-order chi connectivity index (χ0) is 23.2. The molecule has 0 spiro atoms. The van der Waals surface area contributed by atoms with Crippen LogP contribution in [0.1, 0.15) is 25.2 Å². The molecule has 33 heavy (non-hydrogen) atoms. The van der Waals surface area contributed by atoms with Gasteiger partial charge in [-0.1, -0.05) is 35.9 Å². The standard InChI is InChI=1S/C25H26ClN3O4/c1-32-21-9-5-4-8-20(21)28-25(31)17-12-14-29(15-13-17)24(30)11-10-23-27-16-22(33-23)18-6-2-3-7-19(18)26/h2-9,16-17H,10-15H2,1H3,(H,28,31). The molecule has 7 nitrogen and oxygen atoms in total. The third-order valence-electron chi connectivity index (χ3n) is 5.83. The fourth-order valence-electron chi connectivity index (χ4n) is 3.96. The highest BCUT2D eigenvalue weighted by atomic mass is 35.5. The Morgan fingerprint density at radius 3 is 2.64 bits per heavy atom. The quantitative estimate of drug-likeness (QED) is 0.538. The largest absolute Gasteiger partial charge is 0.495 e.